The normalized spacial score (nSPS) is 27.6. The molecule has 6 rings (SSSR count). The summed E-state index contributed by atoms with van der Waals surface area (Å²) in [6.45, 7) is 5.59. The number of ketones is 1. The fourth-order valence-electron chi connectivity index (χ4n) is 6.57. The maximum Gasteiger partial charge on any atom is 0.299 e. The molecule has 4 aliphatic heterocycles. The van der Waals surface area contributed by atoms with E-state index in [-0.39, 0.29) is 17.9 Å². The Morgan fingerprint density at radius 2 is 1.76 bits per heavy atom. The number of carbonyl (C=O) groups excluding carboxylic acids is 3. The molecule has 2 fully saturated rings. The number of hydrogen-bond donors (Lipinski definition) is 0. The first-order chi connectivity index (χ1) is 16.4. The average Bonchev–Trinajstić information content (AvgIpc) is 3.52. The van der Waals surface area contributed by atoms with Crippen LogP contribution in [0.5, 0.6) is 0 Å². The molecule has 3 atom stereocenters. The molecule has 6 nitrogen and oxygen atoms in total. The van der Waals surface area contributed by atoms with E-state index in [9.17, 15) is 14.4 Å². The Balaban J connectivity index is 1.41. The van der Waals surface area contributed by atoms with Crippen molar-refractivity contribution in [3.63, 3.8) is 0 Å². The lowest BCUT2D eigenvalue weighted by Gasteiger charge is -2.33. The maximum atomic E-state index is 14.0. The summed E-state index contributed by atoms with van der Waals surface area (Å²) in [5.41, 5.74) is 2.32. The Morgan fingerprint density at radius 3 is 2.53 bits per heavy atom. The van der Waals surface area contributed by atoms with Gasteiger partial charge in [0.15, 0.2) is 0 Å². The van der Waals surface area contributed by atoms with E-state index in [1.54, 1.807) is 17.0 Å². The average molecular weight is 585 g/mol. The summed E-state index contributed by atoms with van der Waals surface area (Å²) < 4.78 is 1.72. The predicted octanol–water partition coefficient (Wildman–Crippen LogP) is 4.65. The van der Waals surface area contributed by atoms with Crippen molar-refractivity contribution in [1.82, 2.24) is 4.90 Å². The van der Waals surface area contributed by atoms with Gasteiger partial charge in [-0.15, -0.1) is 6.58 Å². The van der Waals surface area contributed by atoms with Crippen LogP contribution in [0.4, 0.5) is 11.4 Å². The number of amides is 2. The number of halogens is 2. The van der Waals surface area contributed by atoms with Crippen molar-refractivity contribution in [2.45, 2.75) is 30.8 Å². The Morgan fingerprint density at radius 1 is 1.03 bits per heavy atom. The van der Waals surface area contributed by atoms with Gasteiger partial charge in [0, 0.05) is 39.3 Å². The van der Waals surface area contributed by atoms with E-state index in [0.717, 1.165) is 39.6 Å². The van der Waals surface area contributed by atoms with Crippen molar-refractivity contribution >= 4 is 60.8 Å². The zero-order valence-corrected chi connectivity index (χ0v) is 21.6. The Labute approximate surface area is 214 Å². The van der Waals surface area contributed by atoms with Gasteiger partial charge < -0.3 is 9.80 Å². The summed E-state index contributed by atoms with van der Waals surface area (Å²) in [5, 5.41) is 0. The Hall–Kier alpha value is -2.29. The molecule has 1 spiro atoms. The molecule has 0 saturated carbocycles. The molecule has 2 saturated heterocycles. The lowest BCUT2D eigenvalue weighted by molar-refractivity contribution is -0.128. The highest BCUT2D eigenvalue weighted by Crippen LogP contribution is 2.56. The third-order valence-electron chi connectivity index (χ3n) is 7.85. The molecule has 2 amide bonds. The quantitative estimate of drug-likeness (QED) is 0.388. The van der Waals surface area contributed by atoms with Crippen molar-refractivity contribution in [3.05, 3.63) is 69.1 Å². The molecule has 3 unspecified atom stereocenters. The highest BCUT2D eigenvalue weighted by atomic mass is 79.9. The van der Waals surface area contributed by atoms with Crippen molar-refractivity contribution in [2.24, 2.45) is 5.92 Å². The highest BCUT2D eigenvalue weighted by molar-refractivity contribution is 9.10. The number of rotatable bonds is 4. The highest BCUT2D eigenvalue weighted by Gasteiger charge is 2.63. The van der Waals surface area contributed by atoms with E-state index in [0.29, 0.717) is 30.8 Å². The standard InChI is InChI=1S/C26H23Br2N3O3/c1-2-9-29-22-8-6-17(28)12-19(22)26(25(29)34)13-15(20-4-3-10-31(20)26)14-30-21-7-5-16(27)11-18(21)23(32)24(30)33/h2,5-8,11-12,15,20H,1,3-4,9-10,13-14H2. The lowest BCUT2D eigenvalue weighted by atomic mass is 9.84. The molecule has 34 heavy (non-hydrogen) atoms. The van der Waals surface area contributed by atoms with Gasteiger partial charge in [-0.3, -0.25) is 19.3 Å². The van der Waals surface area contributed by atoms with Crippen LogP contribution in [0.3, 0.4) is 0 Å². The molecule has 4 heterocycles. The molecule has 2 aromatic carbocycles. The fourth-order valence-corrected chi connectivity index (χ4v) is 7.29. The van der Waals surface area contributed by atoms with E-state index in [2.05, 4.69) is 49.4 Å². The fraction of sp³-hybridized carbons (Fsp3) is 0.346. The first-order valence-corrected chi connectivity index (χ1v) is 13.1. The van der Waals surface area contributed by atoms with Gasteiger partial charge in [0.05, 0.1) is 11.3 Å². The topological polar surface area (TPSA) is 60.9 Å². The van der Waals surface area contributed by atoms with Gasteiger partial charge >= 0.3 is 0 Å². The number of benzene rings is 2. The summed E-state index contributed by atoms with van der Waals surface area (Å²) in [6, 6.07) is 11.6. The van der Waals surface area contributed by atoms with Crippen molar-refractivity contribution in [2.75, 3.05) is 29.4 Å². The van der Waals surface area contributed by atoms with Crippen LogP contribution in [0.2, 0.25) is 0 Å². The summed E-state index contributed by atoms with van der Waals surface area (Å²) in [5.74, 6) is -0.778. The second-order valence-electron chi connectivity index (χ2n) is 9.50. The van der Waals surface area contributed by atoms with Gasteiger partial charge in [-0.1, -0.05) is 37.9 Å². The largest absolute Gasteiger partial charge is 0.306 e. The van der Waals surface area contributed by atoms with Gasteiger partial charge in [0.25, 0.3) is 17.6 Å². The SMILES string of the molecule is C=CCN1C(=O)C2(CC(CN3C(=O)C(=O)c4cc(Br)ccc43)C3CCCN32)c2cc(Br)ccc21. The first kappa shape index (κ1) is 22.2. The van der Waals surface area contributed by atoms with Crippen LogP contribution >= 0.6 is 31.9 Å². The van der Waals surface area contributed by atoms with Gasteiger partial charge in [0.1, 0.15) is 5.54 Å². The number of carbonyl (C=O) groups is 3. The molecule has 0 aromatic heterocycles. The number of Topliss-reactive ketones (excluding diaryl/α,β-unsaturated/α-hetero) is 1. The smallest absolute Gasteiger partial charge is 0.299 e. The van der Waals surface area contributed by atoms with E-state index in [1.807, 2.05) is 29.2 Å². The predicted molar refractivity (Wildman–Crippen MR) is 137 cm³/mol. The van der Waals surface area contributed by atoms with Crippen LogP contribution in [-0.2, 0) is 15.1 Å². The summed E-state index contributed by atoms with van der Waals surface area (Å²) in [4.78, 5) is 45.5. The minimum Gasteiger partial charge on any atom is -0.306 e. The Kier molecular flexibility index (Phi) is 5.13. The summed E-state index contributed by atoms with van der Waals surface area (Å²) >= 11 is 7.01. The zero-order valence-electron chi connectivity index (χ0n) is 18.5. The van der Waals surface area contributed by atoms with Gasteiger partial charge in [-0.05, 0) is 68.1 Å². The third-order valence-corrected chi connectivity index (χ3v) is 8.83. The second kappa shape index (κ2) is 7.86. The lowest BCUT2D eigenvalue weighted by Crippen LogP contribution is -2.50. The first-order valence-electron chi connectivity index (χ1n) is 11.5. The zero-order chi connectivity index (χ0) is 23.8. The molecule has 8 heteroatoms. The van der Waals surface area contributed by atoms with Gasteiger partial charge in [-0.25, -0.2) is 0 Å². The molecule has 0 N–H and O–H groups in total. The molecule has 0 aliphatic carbocycles. The molecule has 2 aromatic rings. The van der Waals surface area contributed by atoms with Crippen LogP contribution in [0.25, 0.3) is 0 Å². The second-order valence-corrected chi connectivity index (χ2v) is 11.3. The van der Waals surface area contributed by atoms with Crippen molar-refractivity contribution in [1.29, 1.82) is 0 Å². The number of hydrogen-bond acceptors (Lipinski definition) is 4. The van der Waals surface area contributed by atoms with E-state index >= 15 is 0 Å². The van der Waals surface area contributed by atoms with E-state index in [4.69, 9.17) is 0 Å². The van der Waals surface area contributed by atoms with Crippen molar-refractivity contribution < 1.29 is 14.4 Å². The summed E-state index contributed by atoms with van der Waals surface area (Å²) in [7, 11) is 0. The van der Waals surface area contributed by atoms with Gasteiger partial charge in [0.2, 0.25) is 0 Å². The monoisotopic (exact) mass is 583 g/mol. The molecular formula is C26H23Br2N3O3. The molecular weight excluding hydrogens is 562 g/mol. The van der Waals surface area contributed by atoms with Crippen LogP contribution in [0.15, 0.2) is 58.0 Å². The van der Waals surface area contributed by atoms with E-state index < -0.39 is 17.2 Å². The van der Waals surface area contributed by atoms with Crippen molar-refractivity contribution in [3.8, 4) is 0 Å². The molecule has 174 valence electrons. The molecule has 0 bridgehead atoms. The molecule has 0 radical (unpaired) electrons. The van der Waals surface area contributed by atoms with E-state index in [1.165, 1.54) is 0 Å². The van der Waals surface area contributed by atoms with Crippen LogP contribution in [0, 0.1) is 5.92 Å². The molecule has 4 aliphatic rings. The Bertz CT molecular complexity index is 1280. The minimum absolute atomic E-state index is 0.0771. The van der Waals surface area contributed by atoms with Gasteiger partial charge in [-0.2, -0.15) is 0 Å². The van der Waals surface area contributed by atoms with Crippen LogP contribution < -0.4 is 9.80 Å². The van der Waals surface area contributed by atoms with Crippen LogP contribution in [-0.4, -0.2) is 48.2 Å². The summed E-state index contributed by atoms with van der Waals surface area (Å²) in [6.07, 6.45) is 4.38. The number of fused-ring (bicyclic) bond motifs is 5. The number of anilines is 2. The van der Waals surface area contributed by atoms with Crippen LogP contribution in [0.1, 0.15) is 35.2 Å². The number of nitrogens with zero attached hydrogens (tertiary/aromatic N) is 3. The maximum absolute atomic E-state index is 14.0. The minimum atomic E-state index is -0.747. The third kappa shape index (κ3) is 2.91.